The third-order valence-corrected chi connectivity index (χ3v) is 2.78. The summed E-state index contributed by atoms with van der Waals surface area (Å²) in [6, 6.07) is 6.74. The van der Waals surface area contributed by atoms with Crippen LogP contribution in [0.5, 0.6) is 5.75 Å². The van der Waals surface area contributed by atoms with Crippen LogP contribution in [-0.4, -0.2) is 25.4 Å². The maximum Gasteiger partial charge on any atom is 0.126 e. The minimum Gasteiger partial charge on any atom is -0.491 e. The van der Waals surface area contributed by atoms with Gasteiger partial charge in [0.15, 0.2) is 0 Å². The smallest absolute Gasteiger partial charge is 0.126 e. The van der Waals surface area contributed by atoms with Crippen LogP contribution < -0.4 is 10.1 Å². The van der Waals surface area contributed by atoms with Crippen molar-refractivity contribution in [3.8, 4) is 5.75 Å². The molecule has 0 radical (unpaired) electrons. The standard InChI is InChI=1S/C16H27NO2/c1-12(2)17-11-15-8-6-7-14(5)16(15)19-10-9-18-13(3)4/h6-8,12-13,17H,9-11H2,1-5H3. The Kier molecular flexibility index (Phi) is 6.89. The van der Waals surface area contributed by atoms with Crippen molar-refractivity contribution in [3.05, 3.63) is 29.3 Å². The van der Waals surface area contributed by atoms with Gasteiger partial charge in [-0.15, -0.1) is 0 Å². The van der Waals surface area contributed by atoms with Crippen LogP contribution in [0.25, 0.3) is 0 Å². The Balaban J connectivity index is 2.58. The number of aryl methyl sites for hydroxylation is 1. The molecule has 0 bridgehead atoms. The van der Waals surface area contributed by atoms with E-state index in [4.69, 9.17) is 9.47 Å². The van der Waals surface area contributed by atoms with Crippen LogP contribution in [0.2, 0.25) is 0 Å². The first kappa shape index (κ1) is 16.0. The summed E-state index contributed by atoms with van der Waals surface area (Å²) >= 11 is 0. The molecular formula is C16H27NO2. The molecule has 108 valence electrons. The summed E-state index contributed by atoms with van der Waals surface area (Å²) < 4.78 is 11.4. The number of nitrogens with one attached hydrogen (secondary N) is 1. The van der Waals surface area contributed by atoms with E-state index in [9.17, 15) is 0 Å². The van der Waals surface area contributed by atoms with Gasteiger partial charge in [0.25, 0.3) is 0 Å². The Hall–Kier alpha value is -1.06. The molecule has 1 aromatic carbocycles. The highest BCUT2D eigenvalue weighted by molar-refractivity contribution is 5.40. The zero-order valence-electron chi connectivity index (χ0n) is 12.8. The number of hydrogen-bond acceptors (Lipinski definition) is 3. The Labute approximate surface area is 117 Å². The summed E-state index contributed by atoms with van der Waals surface area (Å²) in [6.07, 6.45) is 0.252. The van der Waals surface area contributed by atoms with Crippen LogP contribution in [0.1, 0.15) is 38.8 Å². The van der Waals surface area contributed by atoms with Gasteiger partial charge in [-0.3, -0.25) is 0 Å². The van der Waals surface area contributed by atoms with Gasteiger partial charge in [0.2, 0.25) is 0 Å². The van der Waals surface area contributed by atoms with E-state index in [0.717, 1.165) is 12.3 Å². The molecule has 1 rings (SSSR count). The fourth-order valence-corrected chi connectivity index (χ4v) is 1.80. The van der Waals surface area contributed by atoms with Gasteiger partial charge in [-0.1, -0.05) is 32.0 Å². The highest BCUT2D eigenvalue weighted by Gasteiger charge is 2.07. The highest BCUT2D eigenvalue weighted by atomic mass is 16.5. The van der Waals surface area contributed by atoms with Crippen LogP contribution in [0.4, 0.5) is 0 Å². The molecule has 0 unspecified atom stereocenters. The zero-order chi connectivity index (χ0) is 14.3. The van der Waals surface area contributed by atoms with Gasteiger partial charge in [-0.2, -0.15) is 0 Å². The van der Waals surface area contributed by atoms with Crippen molar-refractivity contribution in [2.45, 2.75) is 53.3 Å². The Bertz CT molecular complexity index is 375. The molecular weight excluding hydrogens is 238 g/mol. The van der Waals surface area contributed by atoms with Gasteiger partial charge < -0.3 is 14.8 Å². The lowest BCUT2D eigenvalue weighted by molar-refractivity contribution is 0.0549. The quantitative estimate of drug-likeness (QED) is 0.732. The summed E-state index contributed by atoms with van der Waals surface area (Å²) in [6.45, 7) is 12.5. The molecule has 0 atom stereocenters. The van der Waals surface area contributed by atoms with Crippen LogP contribution >= 0.6 is 0 Å². The number of hydrogen-bond donors (Lipinski definition) is 1. The summed E-state index contributed by atoms with van der Waals surface area (Å²) in [5.41, 5.74) is 2.38. The summed E-state index contributed by atoms with van der Waals surface area (Å²) in [4.78, 5) is 0. The molecule has 1 N–H and O–H groups in total. The monoisotopic (exact) mass is 265 g/mol. The predicted octanol–water partition coefficient (Wildman–Crippen LogP) is 3.30. The summed E-state index contributed by atoms with van der Waals surface area (Å²) in [7, 11) is 0. The Morgan fingerprint density at radius 3 is 2.47 bits per heavy atom. The van der Waals surface area contributed by atoms with E-state index in [1.165, 1.54) is 11.1 Å². The second-order valence-corrected chi connectivity index (χ2v) is 5.37. The number of benzene rings is 1. The zero-order valence-corrected chi connectivity index (χ0v) is 12.8. The lowest BCUT2D eigenvalue weighted by Crippen LogP contribution is -2.22. The third-order valence-electron chi connectivity index (χ3n) is 2.78. The van der Waals surface area contributed by atoms with Gasteiger partial charge in [0, 0.05) is 18.2 Å². The van der Waals surface area contributed by atoms with Crippen molar-refractivity contribution in [2.24, 2.45) is 0 Å². The SMILES string of the molecule is Cc1cccc(CNC(C)C)c1OCCOC(C)C. The molecule has 1 aromatic rings. The maximum absolute atomic E-state index is 5.89. The van der Waals surface area contributed by atoms with Crippen molar-refractivity contribution in [2.75, 3.05) is 13.2 Å². The number of ether oxygens (including phenoxy) is 2. The molecule has 3 heteroatoms. The topological polar surface area (TPSA) is 30.5 Å². The fourth-order valence-electron chi connectivity index (χ4n) is 1.80. The van der Waals surface area contributed by atoms with Crippen molar-refractivity contribution in [3.63, 3.8) is 0 Å². The molecule has 0 fully saturated rings. The summed E-state index contributed by atoms with van der Waals surface area (Å²) in [5, 5.41) is 3.43. The minimum absolute atomic E-state index is 0.252. The van der Waals surface area contributed by atoms with Crippen molar-refractivity contribution < 1.29 is 9.47 Å². The second kappa shape index (κ2) is 8.18. The molecule has 0 aliphatic rings. The molecule has 0 saturated carbocycles. The lowest BCUT2D eigenvalue weighted by atomic mass is 10.1. The normalized spacial score (nSPS) is 11.3. The average Bonchev–Trinajstić information content (AvgIpc) is 2.33. The van der Waals surface area contributed by atoms with E-state index < -0.39 is 0 Å². The number of rotatable bonds is 8. The van der Waals surface area contributed by atoms with Gasteiger partial charge in [0.1, 0.15) is 12.4 Å². The molecule has 19 heavy (non-hydrogen) atoms. The van der Waals surface area contributed by atoms with Gasteiger partial charge in [-0.25, -0.2) is 0 Å². The molecule has 0 aliphatic carbocycles. The van der Waals surface area contributed by atoms with Crippen molar-refractivity contribution in [1.82, 2.24) is 5.32 Å². The molecule has 0 spiro atoms. The average molecular weight is 265 g/mol. The van der Waals surface area contributed by atoms with E-state index in [0.29, 0.717) is 19.3 Å². The molecule has 3 nitrogen and oxygen atoms in total. The second-order valence-electron chi connectivity index (χ2n) is 5.37. The first-order valence-electron chi connectivity index (χ1n) is 7.07. The van der Waals surface area contributed by atoms with E-state index >= 15 is 0 Å². The third kappa shape index (κ3) is 6.08. The van der Waals surface area contributed by atoms with Crippen LogP contribution in [0.3, 0.4) is 0 Å². The van der Waals surface area contributed by atoms with E-state index in [2.05, 4.69) is 44.3 Å². The molecule has 0 amide bonds. The van der Waals surface area contributed by atoms with Crippen LogP contribution in [0.15, 0.2) is 18.2 Å². The summed E-state index contributed by atoms with van der Waals surface area (Å²) in [5.74, 6) is 0.989. The maximum atomic E-state index is 5.89. The highest BCUT2D eigenvalue weighted by Crippen LogP contribution is 2.23. The molecule has 0 aliphatic heterocycles. The van der Waals surface area contributed by atoms with Crippen molar-refractivity contribution >= 4 is 0 Å². The Morgan fingerprint density at radius 2 is 1.84 bits per heavy atom. The van der Waals surface area contributed by atoms with Crippen LogP contribution in [-0.2, 0) is 11.3 Å². The molecule has 0 heterocycles. The van der Waals surface area contributed by atoms with E-state index in [1.807, 2.05) is 13.8 Å². The minimum atomic E-state index is 0.252. The number of para-hydroxylation sites is 1. The van der Waals surface area contributed by atoms with Crippen LogP contribution in [0, 0.1) is 6.92 Å². The predicted molar refractivity (Wildman–Crippen MR) is 79.7 cm³/mol. The Morgan fingerprint density at radius 1 is 1.11 bits per heavy atom. The fraction of sp³-hybridized carbons (Fsp3) is 0.625. The van der Waals surface area contributed by atoms with E-state index in [-0.39, 0.29) is 6.10 Å². The lowest BCUT2D eigenvalue weighted by Gasteiger charge is -2.16. The first-order valence-corrected chi connectivity index (χ1v) is 7.07. The largest absolute Gasteiger partial charge is 0.491 e. The van der Waals surface area contributed by atoms with Gasteiger partial charge >= 0.3 is 0 Å². The van der Waals surface area contributed by atoms with Gasteiger partial charge in [0.05, 0.1) is 12.7 Å². The molecule has 0 aromatic heterocycles. The van der Waals surface area contributed by atoms with E-state index in [1.54, 1.807) is 0 Å². The molecule has 0 saturated heterocycles. The first-order chi connectivity index (χ1) is 9.00. The van der Waals surface area contributed by atoms with Crippen molar-refractivity contribution in [1.29, 1.82) is 0 Å². The van der Waals surface area contributed by atoms with Gasteiger partial charge in [-0.05, 0) is 26.3 Å².